The zero-order chi connectivity index (χ0) is 14.7. The number of aliphatic hydroxyl groups is 1. The zero-order valence-electron chi connectivity index (χ0n) is 12.8. The Bertz CT molecular complexity index is 459. The van der Waals surface area contributed by atoms with Crippen LogP contribution in [0.25, 0.3) is 0 Å². The fourth-order valence-electron chi connectivity index (χ4n) is 2.42. The molecule has 1 aliphatic heterocycles. The molecule has 2 atom stereocenters. The summed E-state index contributed by atoms with van der Waals surface area (Å²) in [6.07, 6.45) is 0.819. The first kappa shape index (κ1) is 15.1. The molecule has 0 spiro atoms. The first-order valence-electron chi connectivity index (χ1n) is 7.26. The lowest BCUT2D eigenvalue weighted by Gasteiger charge is -2.16. The SMILES string of the molecule is COc1cc(CNCC(O)C(C)C)c2c(c1)CC(C)O2. The van der Waals surface area contributed by atoms with Crippen LogP contribution >= 0.6 is 0 Å². The summed E-state index contributed by atoms with van der Waals surface area (Å²) in [6.45, 7) is 7.36. The van der Waals surface area contributed by atoms with E-state index in [1.807, 2.05) is 26.0 Å². The number of aliphatic hydroxyl groups excluding tert-OH is 1. The molecular formula is C16H25NO3. The molecule has 1 aromatic rings. The monoisotopic (exact) mass is 279 g/mol. The number of nitrogens with one attached hydrogen (secondary N) is 1. The van der Waals surface area contributed by atoms with Crippen LogP contribution in [0.3, 0.4) is 0 Å². The van der Waals surface area contributed by atoms with Crippen LogP contribution in [0.15, 0.2) is 12.1 Å². The van der Waals surface area contributed by atoms with Crippen LogP contribution in [0.1, 0.15) is 31.9 Å². The number of ether oxygens (including phenoxy) is 2. The van der Waals surface area contributed by atoms with E-state index in [0.29, 0.717) is 13.1 Å². The molecule has 4 nitrogen and oxygen atoms in total. The lowest BCUT2D eigenvalue weighted by Crippen LogP contribution is -2.30. The van der Waals surface area contributed by atoms with E-state index in [9.17, 15) is 5.11 Å². The van der Waals surface area contributed by atoms with Crippen LogP contribution in [0.4, 0.5) is 0 Å². The summed E-state index contributed by atoms with van der Waals surface area (Å²) in [5.74, 6) is 2.10. The van der Waals surface area contributed by atoms with Gasteiger partial charge in [0.05, 0.1) is 13.2 Å². The van der Waals surface area contributed by atoms with Crippen molar-refractivity contribution in [3.63, 3.8) is 0 Å². The Balaban J connectivity index is 2.06. The Hall–Kier alpha value is -1.26. The first-order chi connectivity index (χ1) is 9.51. The highest BCUT2D eigenvalue weighted by molar-refractivity contribution is 5.49. The van der Waals surface area contributed by atoms with Crippen molar-refractivity contribution in [1.29, 1.82) is 0 Å². The minimum Gasteiger partial charge on any atom is -0.497 e. The van der Waals surface area contributed by atoms with Crippen molar-refractivity contribution in [1.82, 2.24) is 5.32 Å². The Morgan fingerprint density at radius 1 is 1.45 bits per heavy atom. The van der Waals surface area contributed by atoms with Crippen molar-refractivity contribution < 1.29 is 14.6 Å². The highest BCUT2D eigenvalue weighted by Crippen LogP contribution is 2.36. The summed E-state index contributed by atoms with van der Waals surface area (Å²) in [7, 11) is 1.68. The topological polar surface area (TPSA) is 50.7 Å². The molecule has 2 N–H and O–H groups in total. The number of rotatable bonds is 6. The van der Waals surface area contributed by atoms with Gasteiger partial charge in [0, 0.05) is 30.6 Å². The van der Waals surface area contributed by atoms with Crippen molar-refractivity contribution in [3.8, 4) is 11.5 Å². The third kappa shape index (κ3) is 3.44. The van der Waals surface area contributed by atoms with E-state index in [1.165, 1.54) is 5.56 Å². The van der Waals surface area contributed by atoms with Crippen molar-refractivity contribution in [3.05, 3.63) is 23.3 Å². The highest BCUT2D eigenvalue weighted by atomic mass is 16.5. The largest absolute Gasteiger partial charge is 0.497 e. The molecule has 4 heteroatoms. The van der Waals surface area contributed by atoms with Crippen molar-refractivity contribution >= 4 is 0 Å². The van der Waals surface area contributed by atoms with E-state index in [4.69, 9.17) is 9.47 Å². The minimum absolute atomic E-state index is 0.220. The molecule has 0 fully saturated rings. The predicted molar refractivity (Wildman–Crippen MR) is 79.3 cm³/mol. The molecule has 1 aromatic carbocycles. The number of fused-ring (bicyclic) bond motifs is 1. The van der Waals surface area contributed by atoms with Crippen LogP contribution in [0.2, 0.25) is 0 Å². The van der Waals surface area contributed by atoms with Crippen LogP contribution in [0, 0.1) is 5.92 Å². The van der Waals surface area contributed by atoms with Gasteiger partial charge in [0.25, 0.3) is 0 Å². The lowest BCUT2D eigenvalue weighted by atomic mass is 10.1. The van der Waals surface area contributed by atoms with Gasteiger partial charge in [-0.15, -0.1) is 0 Å². The van der Waals surface area contributed by atoms with Crippen molar-refractivity contribution in [2.75, 3.05) is 13.7 Å². The van der Waals surface area contributed by atoms with Gasteiger partial charge in [-0.25, -0.2) is 0 Å². The van der Waals surface area contributed by atoms with Gasteiger partial charge in [0.2, 0.25) is 0 Å². The molecule has 0 saturated carbocycles. The van der Waals surface area contributed by atoms with Crippen LogP contribution in [0.5, 0.6) is 11.5 Å². The first-order valence-corrected chi connectivity index (χ1v) is 7.26. The standard InChI is InChI=1S/C16H25NO3/c1-10(2)15(18)9-17-8-13-7-14(19-4)6-12-5-11(3)20-16(12)13/h6-7,10-11,15,17-18H,5,8-9H2,1-4H3. The van der Waals surface area contributed by atoms with Gasteiger partial charge in [-0.05, 0) is 25.0 Å². The number of hydrogen-bond acceptors (Lipinski definition) is 4. The average molecular weight is 279 g/mol. The van der Waals surface area contributed by atoms with Crippen LogP contribution in [-0.2, 0) is 13.0 Å². The molecule has 0 amide bonds. The van der Waals surface area contributed by atoms with Gasteiger partial charge in [0.15, 0.2) is 0 Å². The molecule has 0 bridgehead atoms. The van der Waals surface area contributed by atoms with Crippen molar-refractivity contribution in [2.45, 2.75) is 45.9 Å². The summed E-state index contributed by atoms with van der Waals surface area (Å²) in [5, 5.41) is 13.1. The summed E-state index contributed by atoms with van der Waals surface area (Å²) in [5.41, 5.74) is 2.30. The molecule has 1 aliphatic rings. The predicted octanol–water partition coefficient (Wildman–Crippen LogP) is 2.13. The minimum atomic E-state index is -0.325. The fourth-order valence-corrected chi connectivity index (χ4v) is 2.42. The Labute approximate surface area is 121 Å². The second-order valence-electron chi connectivity index (χ2n) is 5.85. The number of benzene rings is 1. The second-order valence-corrected chi connectivity index (χ2v) is 5.85. The third-order valence-electron chi connectivity index (χ3n) is 3.72. The molecule has 2 rings (SSSR count). The van der Waals surface area contributed by atoms with Gasteiger partial charge in [-0.2, -0.15) is 0 Å². The van der Waals surface area contributed by atoms with Gasteiger partial charge in [0.1, 0.15) is 17.6 Å². The Morgan fingerprint density at radius 3 is 2.85 bits per heavy atom. The molecule has 20 heavy (non-hydrogen) atoms. The summed E-state index contributed by atoms with van der Waals surface area (Å²) < 4.78 is 11.2. The van der Waals surface area contributed by atoms with E-state index in [2.05, 4.69) is 12.2 Å². The van der Waals surface area contributed by atoms with Gasteiger partial charge in [-0.3, -0.25) is 0 Å². The zero-order valence-corrected chi connectivity index (χ0v) is 12.8. The molecular weight excluding hydrogens is 254 g/mol. The van der Waals surface area contributed by atoms with Crippen LogP contribution in [-0.4, -0.2) is 31.0 Å². The van der Waals surface area contributed by atoms with Gasteiger partial charge < -0.3 is 19.9 Å². The van der Waals surface area contributed by atoms with E-state index >= 15 is 0 Å². The van der Waals surface area contributed by atoms with E-state index < -0.39 is 0 Å². The number of methoxy groups -OCH3 is 1. The highest BCUT2D eigenvalue weighted by Gasteiger charge is 2.23. The maximum absolute atomic E-state index is 9.82. The normalized spacial score (nSPS) is 18.8. The molecule has 0 aromatic heterocycles. The smallest absolute Gasteiger partial charge is 0.127 e. The second kappa shape index (κ2) is 6.46. The Kier molecular flexibility index (Phi) is 4.89. The summed E-state index contributed by atoms with van der Waals surface area (Å²) >= 11 is 0. The van der Waals surface area contributed by atoms with Gasteiger partial charge in [-0.1, -0.05) is 13.8 Å². The fraction of sp³-hybridized carbons (Fsp3) is 0.625. The molecule has 0 saturated heterocycles. The molecule has 0 aliphatic carbocycles. The quantitative estimate of drug-likeness (QED) is 0.837. The van der Waals surface area contributed by atoms with Gasteiger partial charge >= 0.3 is 0 Å². The lowest BCUT2D eigenvalue weighted by molar-refractivity contribution is 0.123. The molecule has 2 unspecified atom stereocenters. The summed E-state index contributed by atoms with van der Waals surface area (Å²) in [6, 6.07) is 4.05. The maximum atomic E-state index is 9.82. The van der Waals surface area contributed by atoms with E-state index in [0.717, 1.165) is 23.5 Å². The number of hydrogen-bond donors (Lipinski definition) is 2. The molecule has 0 radical (unpaired) electrons. The van der Waals surface area contributed by atoms with E-state index in [1.54, 1.807) is 7.11 Å². The maximum Gasteiger partial charge on any atom is 0.127 e. The Morgan fingerprint density at radius 2 is 2.20 bits per heavy atom. The average Bonchev–Trinajstić information content (AvgIpc) is 2.78. The van der Waals surface area contributed by atoms with E-state index in [-0.39, 0.29) is 18.1 Å². The van der Waals surface area contributed by atoms with Crippen molar-refractivity contribution in [2.24, 2.45) is 5.92 Å². The third-order valence-corrected chi connectivity index (χ3v) is 3.72. The summed E-state index contributed by atoms with van der Waals surface area (Å²) in [4.78, 5) is 0. The molecule has 112 valence electrons. The van der Waals surface area contributed by atoms with Crippen LogP contribution < -0.4 is 14.8 Å². The molecule has 1 heterocycles.